The second-order valence-electron chi connectivity index (χ2n) is 5.09. The predicted octanol–water partition coefficient (Wildman–Crippen LogP) is 4.23. The van der Waals surface area contributed by atoms with E-state index in [0.717, 1.165) is 0 Å². The summed E-state index contributed by atoms with van der Waals surface area (Å²) < 4.78 is 161. The molecule has 0 bridgehead atoms. The van der Waals surface area contributed by atoms with Gasteiger partial charge in [-0.05, 0) is 6.92 Å². The topological polar surface area (TPSA) is 38.8 Å². The highest BCUT2D eigenvalue weighted by atomic mass is 19.4. The molecule has 0 saturated carbocycles. The second kappa shape index (κ2) is 5.66. The number of halogens is 12. The molecule has 1 heterocycles. The first-order chi connectivity index (χ1) is 11.2. The van der Waals surface area contributed by atoms with Crippen LogP contribution in [0, 0.1) is 0 Å². The fourth-order valence-corrected chi connectivity index (χ4v) is 1.52. The Balaban J connectivity index is 3.29. The van der Waals surface area contributed by atoms with Crippen LogP contribution in [0.3, 0.4) is 0 Å². The third-order valence-corrected chi connectivity index (χ3v) is 3.02. The van der Waals surface area contributed by atoms with Gasteiger partial charge in [0, 0.05) is 5.57 Å². The normalized spacial score (nSPS) is 25.0. The Morgan fingerprint density at radius 1 is 0.962 bits per heavy atom. The van der Waals surface area contributed by atoms with Crippen molar-refractivity contribution in [3.63, 3.8) is 0 Å². The van der Waals surface area contributed by atoms with E-state index in [4.69, 9.17) is 0 Å². The molecule has 0 aromatic rings. The SMILES string of the molecule is C=C(C)C(=O)OC(F)(F)C(F)(F)C(F)(F)C(F)(F)C1(F)OC1C(F)(F)F. The zero-order chi connectivity index (χ0) is 21.1. The van der Waals surface area contributed by atoms with Crippen molar-refractivity contribution in [3.05, 3.63) is 12.2 Å². The van der Waals surface area contributed by atoms with Gasteiger partial charge in [0.05, 0.1) is 0 Å². The highest BCUT2D eigenvalue weighted by Gasteiger charge is 2.95. The lowest BCUT2D eigenvalue weighted by Gasteiger charge is -2.36. The molecule has 1 saturated heterocycles. The first kappa shape index (κ1) is 22.4. The fraction of sp³-hybridized carbons (Fsp3) is 0.727. The summed E-state index contributed by atoms with van der Waals surface area (Å²) in [5.74, 6) is -30.1. The summed E-state index contributed by atoms with van der Waals surface area (Å²) in [6.07, 6.45) is -17.0. The van der Waals surface area contributed by atoms with Crippen LogP contribution < -0.4 is 0 Å². The maximum atomic E-state index is 13.4. The number of alkyl halides is 12. The van der Waals surface area contributed by atoms with Gasteiger partial charge >= 0.3 is 41.9 Å². The molecule has 1 fully saturated rings. The van der Waals surface area contributed by atoms with Crippen molar-refractivity contribution < 1.29 is 67.0 Å². The standard InChI is InChI=1S/C11H6F12O3/c1-3(2)4(24)25-11(22,23)10(20,21)9(18,19)8(16,17)6(12)5(26-6)7(13,14)15/h5H,1H2,2H3. The van der Waals surface area contributed by atoms with Gasteiger partial charge in [-0.3, -0.25) is 0 Å². The number of esters is 1. The Morgan fingerprint density at radius 2 is 1.38 bits per heavy atom. The van der Waals surface area contributed by atoms with Gasteiger partial charge in [0.2, 0.25) is 6.10 Å². The Hall–Kier alpha value is -1.67. The number of ether oxygens (including phenoxy) is 2. The van der Waals surface area contributed by atoms with Crippen LogP contribution in [0.4, 0.5) is 52.7 Å². The highest BCUT2D eigenvalue weighted by Crippen LogP contribution is 2.64. The Kier molecular flexibility index (Phi) is 4.87. The summed E-state index contributed by atoms with van der Waals surface area (Å²) in [5, 5.41) is 0. The zero-order valence-corrected chi connectivity index (χ0v) is 12.0. The molecule has 2 unspecified atom stereocenters. The average molecular weight is 414 g/mol. The van der Waals surface area contributed by atoms with E-state index in [2.05, 4.69) is 16.1 Å². The lowest BCUT2D eigenvalue weighted by Crippen LogP contribution is -2.67. The molecule has 15 heteroatoms. The largest absolute Gasteiger partial charge is 0.473 e. The minimum atomic E-state index is -7.48. The fourth-order valence-electron chi connectivity index (χ4n) is 1.52. The Bertz CT molecular complexity index is 610. The van der Waals surface area contributed by atoms with Crippen LogP contribution >= 0.6 is 0 Å². The molecule has 1 aliphatic rings. The van der Waals surface area contributed by atoms with Crippen LogP contribution in [0.25, 0.3) is 0 Å². The summed E-state index contributed by atoms with van der Waals surface area (Å²) in [7, 11) is 0. The van der Waals surface area contributed by atoms with Crippen molar-refractivity contribution in [2.24, 2.45) is 0 Å². The van der Waals surface area contributed by atoms with E-state index in [1.165, 1.54) is 0 Å². The summed E-state index contributed by atoms with van der Waals surface area (Å²) >= 11 is 0. The molecule has 1 rings (SSSR count). The molecular weight excluding hydrogens is 408 g/mol. The van der Waals surface area contributed by atoms with E-state index in [0.29, 0.717) is 6.92 Å². The van der Waals surface area contributed by atoms with Crippen molar-refractivity contribution in [1.29, 1.82) is 0 Å². The molecule has 3 nitrogen and oxygen atoms in total. The van der Waals surface area contributed by atoms with E-state index in [-0.39, 0.29) is 0 Å². The van der Waals surface area contributed by atoms with Gasteiger partial charge in [0.1, 0.15) is 0 Å². The number of rotatable bonds is 6. The lowest BCUT2D eigenvalue weighted by atomic mass is 9.97. The predicted molar refractivity (Wildman–Crippen MR) is 55.5 cm³/mol. The van der Waals surface area contributed by atoms with Crippen LogP contribution in [-0.2, 0) is 14.3 Å². The van der Waals surface area contributed by atoms with E-state index >= 15 is 0 Å². The monoisotopic (exact) mass is 414 g/mol. The van der Waals surface area contributed by atoms with Crippen LogP contribution in [0.1, 0.15) is 6.92 Å². The van der Waals surface area contributed by atoms with Crippen LogP contribution in [-0.4, -0.2) is 48.0 Å². The maximum Gasteiger partial charge on any atom is 0.473 e. The van der Waals surface area contributed by atoms with Gasteiger partial charge in [-0.1, -0.05) is 6.58 Å². The third-order valence-electron chi connectivity index (χ3n) is 3.02. The molecule has 0 aliphatic carbocycles. The van der Waals surface area contributed by atoms with Crippen LogP contribution in [0.15, 0.2) is 12.2 Å². The molecular formula is C11H6F12O3. The number of epoxide rings is 1. The summed E-state index contributed by atoms with van der Waals surface area (Å²) in [6.45, 7) is 3.21. The quantitative estimate of drug-likeness (QED) is 0.283. The molecule has 0 radical (unpaired) electrons. The van der Waals surface area contributed by atoms with Gasteiger partial charge in [0.15, 0.2) is 0 Å². The first-order valence-corrected chi connectivity index (χ1v) is 6.00. The lowest BCUT2D eigenvalue weighted by molar-refractivity contribution is -0.427. The number of hydrogen-bond donors (Lipinski definition) is 0. The van der Waals surface area contributed by atoms with E-state index in [9.17, 15) is 57.5 Å². The molecule has 0 N–H and O–H groups in total. The van der Waals surface area contributed by atoms with Gasteiger partial charge in [-0.2, -0.15) is 48.3 Å². The Morgan fingerprint density at radius 3 is 1.69 bits per heavy atom. The summed E-state index contributed by atoms with van der Waals surface area (Å²) in [4.78, 5) is 10.8. The average Bonchev–Trinajstić information content (AvgIpc) is 3.12. The van der Waals surface area contributed by atoms with Crippen molar-refractivity contribution >= 4 is 5.97 Å². The second-order valence-corrected chi connectivity index (χ2v) is 5.09. The minimum Gasteiger partial charge on any atom is -0.393 e. The molecule has 0 aromatic heterocycles. The summed E-state index contributed by atoms with van der Waals surface area (Å²) in [6, 6.07) is 0. The summed E-state index contributed by atoms with van der Waals surface area (Å²) in [5.41, 5.74) is -1.04. The number of carbonyl (C=O) groups is 1. The van der Waals surface area contributed by atoms with Gasteiger partial charge < -0.3 is 9.47 Å². The van der Waals surface area contributed by atoms with E-state index in [1.54, 1.807) is 0 Å². The van der Waals surface area contributed by atoms with E-state index < -0.39 is 53.6 Å². The molecule has 2 atom stereocenters. The number of carbonyl (C=O) groups excluding carboxylic acids is 1. The minimum absolute atomic E-state index is 0.589. The van der Waals surface area contributed by atoms with Gasteiger partial charge in [0.25, 0.3) is 0 Å². The van der Waals surface area contributed by atoms with Gasteiger partial charge in [-0.25, -0.2) is 9.18 Å². The zero-order valence-electron chi connectivity index (χ0n) is 12.0. The highest BCUT2D eigenvalue weighted by molar-refractivity contribution is 5.87. The first-order valence-electron chi connectivity index (χ1n) is 6.00. The van der Waals surface area contributed by atoms with Crippen LogP contribution in [0.2, 0.25) is 0 Å². The molecule has 152 valence electrons. The molecule has 1 aliphatic heterocycles. The van der Waals surface area contributed by atoms with E-state index in [1.807, 2.05) is 0 Å². The van der Waals surface area contributed by atoms with Crippen molar-refractivity contribution in [2.45, 2.75) is 48.9 Å². The molecule has 0 aromatic carbocycles. The Labute approximate surface area is 135 Å². The molecule has 26 heavy (non-hydrogen) atoms. The van der Waals surface area contributed by atoms with Crippen molar-refractivity contribution in [2.75, 3.05) is 0 Å². The maximum absolute atomic E-state index is 13.4. The molecule has 0 amide bonds. The van der Waals surface area contributed by atoms with Gasteiger partial charge in [-0.15, -0.1) is 0 Å². The van der Waals surface area contributed by atoms with Crippen LogP contribution in [0.5, 0.6) is 0 Å². The smallest absolute Gasteiger partial charge is 0.393 e. The number of hydrogen-bond acceptors (Lipinski definition) is 3. The van der Waals surface area contributed by atoms with Crippen molar-refractivity contribution in [3.8, 4) is 0 Å². The van der Waals surface area contributed by atoms with Crippen molar-refractivity contribution in [1.82, 2.24) is 0 Å². The third kappa shape index (κ3) is 2.99. The molecule has 0 spiro atoms.